The van der Waals surface area contributed by atoms with Gasteiger partial charge in [0.25, 0.3) is 0 Å². The summed E-state index contributed by atoms with van der Waals surface area (Å²) in [5, 5.41) is 6.40. The van der Waals surface area contributed by atoms with Crippen molar-refractivity contribution in [2.24, 2.45) is 5.92 Å². The molecule has 1 fully saturated rings. The highest BCUT2D eigenvalue weighted by Gasteiger charge is 2.14. The lowest BCUT2D eigenvalue weighted by Crippen LogP contribution is -2.35. The number of amides is 2. The molecule has 0 aromatic heterocycles. The van der Waals surface area contributed by atoms with E-state index in [1.165, 1.54) is 0 Å². The molecule has 0 aliphatic carbocycles. The number of hydrogen-bond donors (Lipinski definition) is 2. The van der Waals surface area contributed by atoms with E-state index in [4.69, 9.17) is 16.3 Å². The third-order valence-electron chi connectivity index (χ3n) is 3.69. The van der Waals surface area contributed by atoms with Crippen molar-refractivity contribution in [3.05, 3.63) is 28.8 Å². The standard InChI is InChI=1S/C16H24ClN3O2/c1-20(2)11-13-3-4-14(9-15(13)17)19-16(21)18-10-12-5-7-22-8-6-12/h3-4,9,12H,5-8,10-11H2,1-2H3,(H2,18,19,21). The van der Waals surface area contributed by atoms with E-state index in [1.807, 2.05) is 26.2 Å². The molecule has 0 unspecified atom stereocenters. The third-order valence-corrected chi connectivity index (χ3v) is 4.04. The highest BCUT2D eigenvalue weighted by atomic mass is 35.5. The van der Waals surface area contributed by atoms with Gasteiger partial charge in [-0.1, -0.05) is 17.7 Å². The molecule has 1 saturated heterocycles. The smallest absolute Gasteiger partial charge is 0.319 e. The van der Waals surface area contributed by atoms with Gasteiger partial charge >= 0.3 is 6.03 Å². The Hall–Kier alpha value is -1.30. The topological polar surface area (TPSA) is 53.6 Å². The number of ether oxygens (including phenoxy) is 1. The van der Waals surface area contributed by atoms with Gasteiger partial charge in [-0.3, -0.25) is 0 Å². The number of halogens is 1. The molecular formula is C16H24ClN3O2. The molecule has 2 amide bonds. The summed E-state index contributed by atoms with van der Waals surface area (Å²) in [6.07, 6.45) is 2.01. The van der Waals surface area contributed by atoms with Crippen LogP contribution in [0, 0.1) is 5.92 Å². The van der Waals surface area contributed by atoms with Crippen LogP contribution in [0.5, 0.6) is 0 Å². The van der Waals surface area contributed by atoms with Gasteiger partial charge in [0.2, 0.25) is 0 Å². The Bertz CT molecular complexity index is 502. The van der Waals surface area contributed by atoms with Crippen LogP contribution in [-0.4, -0.2) is 44.8 Å². The molecule has 2 N–H and O–H groups in total. The van der Waals surface area contributed by atoms with Gasteiger partial charge in [0, 0.05) is 37.0 Å². The van der Waals surface area contributed by atoms with Gasteiger partial charge in [-0.15, -0.1) is 0 Å². The second-order valence-electron chi connectivity index (χ2n) is 5.93. The van der Waals surface area contributed by atoms with Crippen LogP contribution in [0.4, 0.5) is 10.5 Å². The summed E-state index contributed by atoms with van der Waals surface area (Å²) in [4.78, 5) is 14.0. The van der Waals surface area contributed by atoms with Crippen molar-refractivity contribution in [2.75, 3.05) is 39.2 Å². The SMILES string of the molecule is CN(C)Cc1ccc(NC(=O)NCC2CCOCC2)cc1Cl. The molecule has 0 radical (unpaired) electrons. The summed E-state index contributed by atoms with van der Waals surface area (Å²) in [5.41, 5.74) is 1.75. The lowest BCUT2D eigenvalue weighted by molar-refractivity contribution is 0.0671. The van der Waals surface area contributed by atoms with E-state index in [-0.39, 0.29) is 6.03 Å². The quantitative estimate of drug-likeness (QED) is 0.875. The molecule has 0 saturated carbocycles. The molecule has 1 aliphatic heterocycles. The number of nitrogens with zero attached hydrogens (tertiary/aromatic N) is 1. The molecule has 1 heterocycles. The molecule has 1 aromatic rings. The molecule has 0 bridgehead atoms. The fraction of sp³-hybridized carbons (Fsp3) is 0.562. The van der Waals surface area contributed by atoms with Crippen LogP contribution >= 0.6 is 11.6 Å². The van der Waals surface area contributed by atoms with Crippen molar-refractivity contribution in [1.82, 2.24) is 10.2 Å². The third kappa shape index (κ3) is 5.48. The molecular weight excluding hydrogens is 302 g/mol. The van der Waals surface area contributed by atoms with Crippen LogP contribution in [0.25, 0.3) is 0 Å². The number of carbonyl (C=O) groups excluding carboxylic acids is 1. The van der Waals surface area contributed by atoms with Gasteiger partial charge in [0.1, 0.15) is 0 Å². The summed E-state index contributed by atoms with van der Waals surface area (Å²) >= 11 is 6.24. The molecule has 5 nitrogen and oxygen atoms in total. The zero-order valence-corrected chi connectivity index (χ0v) is 13.9. The van der Waals surface area contributed by atoms with Crippen molar-refractivity contribution in [2.45, 2.75) is 19.4 Å². The van der Waals surface area contributed by atoms with Gasteiger partial charge in [-0.25, -0.2) is 4.79 Å². The average Bonchev–Trinajstić information content (AvgIpc) is 2.49. The largest absolute Gasteiger partial charge is 0.381 e. The van der Waals surface area contributed by atoms with E-state index in [1.54, 1.807) is 6.07 Å². The number of anilines is 1. The highest BCUT2D eigenvalue weighted by molar-refractivity contribution is 6.31. The number of urea groups is 1. The fourth-order valence-electron chi connectivity index (χ4n) is 2.46. The van der Waals surface area contributed by atoms with Gasteiger partial charge < -0.3 is 20.3 Å². The fourth-order valence-corrected chi connectivity index (χ4v) is 2.70. The van der Waals surface area contributed by atoms with Crippen LogP contribution in [0.3, 0.4) is 0 Å². The van der Waals surface area contributed by atoms with Gasteiger partial charge in [0.05, 0.1) is 0 Å². The minimum absolute atomic E-state index is 0.192. The van der Waals surface area contributed by atoms with Gasteiger partial charge in [0.15, 0.2) is 0 Å². The number of carbonyl (C=O) groups is 1. The van der Waals surface area contributed by atoms with Crippen LogP contribution in [0.2, 0.25) is 5.02 Å². The minimum Gasteiger partial charge on any atom is -0.381 e. The Morgan fingerprint density at radius 3 is 2.73 bits per heavy atom. The average molecular weight is 326 g/mol. The van der Waals surface area contributed by atoms with Crippen molar-refractivity contribution in [1.29, 1.82) is 0 Å². The molecule has 0 atom stereocenters. The molecule has 2 rings (SSSR count). The van der Waals surface area contributed by atoms with E-state index >= 15 is 0 Å². The first-order chi connectivity index (χ1) is 10.5. The van der Waals surface area contributed by atoms with Crippen molar-refractivity contribution >= 4 is 23.3 Å². The van der Waals surface area contributed by atoms with Crippen LogP contribution in [0.15, 0.2) is 18.2 Å². The number of nitrogens with one attached hydrogen (secondary N) is 2. The Balaban J connectivity index is 1.82. The predicted octanol–water partition coefficient (Wildman–Crippen LogP) is 2.95. The summed E-state index contributed by atoms with van der Waals surface area (Å²) < 4.78 is 5.31. The number of benzene rings is 1. The molecule has 0 spiro atoms. The maximum absolute atomic E-state index is 11.9. The Kier molecular flexibility index (Phi) is 6.49. The second kappa shape index (κ2) is 8.36. The van der Waals surface area contributed by atoms with Crippen LogP contribution in [0.1, 0.15) is 18.4 Å². The molecule has 122 valence electrons. The van der Waals surface area contributed by atoms with Crippen molar-refractivity contribution < 1.29 is 9.53 Å². The minimum atomic E-state index is -0.192. The first kappa shape index (κ1) is 17.1. The van der Waals surface area contributed by atoms with Crippen molar-refractivity contribution in [3.63, 3.8) is 0 Å². The summed E-state index contributed by atoms with van der Waals surface area (Å²) in [6, 6.07) is 5.41. The van der Waals surface area contributed by atoms with E-state index in [0.717, 1.165) is 38.2 Å². The van der Waals surface area contributed by atoms with E-state index < -0.39 is 0 Å². The normalized spacial score (nSPS) is 15.8. The zero-order chi connectivity index (χ0) is 15.9. The lowest BCUT2D eigenvalue weighted by atomic mass is 10.0. The number of hydrogen-bond acceptors (Lipinski definition) is 3. The molecule has 22 heavy (non-hydrogen) atoms. The highest BCUT2D eigenvalue weighted by Crippen LogP contribution is 2.22. The zero-order valence-electron chi connectivity index (χ0n) is 13.2. The lowest BCUT2D eigenvalue weighted by Gasteiger charge is -2.22. The Morgan fingerprint density at radius 1 is 1.36 bits per heavy atom. The predicted molar refractivity (Wildman–Crippen MR) is 89.4 cm³/mol. The molecule has 1 aromatic carbocycles. The van der Waals surface area contributed by atoms with Gasteiger partial charge in [-0.2, -0.15) is 0 Å². The first-order valence-electron chi connectivity index (χ1n) is 7.60. The number of rotatable bonds is 5. The summed E-state index contributed by atoms with van der Waals surface area (Å²) in [5.74, 6) is 0.505. The monoisotopic (exact) mass is 325 g/mol. The van der Waals surface area contributed by atoms with Crippen LogP contribution in [-0.2, 0) is 11.3 Å². The summed E-state index contributed by atoms with van der Waals surface area (Å²) in [7, 11) is 3.98. The van der Waals surface area contributed by atoms with E-state index in [9.17, 15) is 4.79 Å². The van der Waals surface area contributed by atoms with Gasteiger partial charge in [-0.05, 0) is 50.6 Å². The first-order valence-corrected chi connectivity index (χ1v) is 7.98. The van der Waals surface area contributed by atoms with E-state index in [2.05, 4.69) is 15.5 Å². The Labute approximate surface area is 137 Å². The molecule has 1 aliphatic rings. The van der Waals surface area contributed by atoms with E-state index in [0.29, 0.717) is 23.2 Å². The maximum Gasteiger partial charge on any atom is 0.319 e. The van der Waals surface area contributed by atoms with Crippen molar-refractivity contribution in [3.8, 4) is 0 Å². The maximum atomic E-state index is 11.9. The Morgan fingerprint density at radius 2 is 2.09 bits per heavy atom. The van der Waals surface area contributed by atoms with Crippen LogP contribution < -0.4 is 10.6 Å². The second-order valence-corrected chi connectivity index (χ2v) is 6.34. The molecule has 6 heteroatoms. The summed E-state index contributed by atoms with van der Waals surface area (Å²) in [6.45, 7) is 3.03.